The Morgan fingerprint density at radius 2 is 2.05 bits per heavy atom. The van der Waals surface area contributed by atoms with Gasteiger partial charge in [0.15, 0.2) is 5.65 Å². The lowest BCUT2D eigenvalue weighted by Gasteiger charge is -2.40. The first-order chi connectivity index (χ1) is 20.4. The van der Waals surface area contributed by atoms with Gasteiger partial charge >= 0.3 is 5.76 Å². The normalized spacial score (nSPS) is 22.8. The molecule has 6 rings (SSSR count). The molecule has 0 bridgehead atoms. The number of hydrogen-bond donors (Lipinski definition) is 1. The van der Waals surface area contributed by atoms with Crippen LogP contribution in [-0.4, -0.2) is 60.0 Å². The predicted molar refractivity (Wildman–Crippen MR) is 161 cm³/mol. The molecule has 42 heavy (non-hydrogen) atoms. The lowest BCUT2D eigenvalue weighted by atomic mass is 9.81. The molecular formula is C30H33ClN8O3. The van der Waals surface area contributed by atoms with Gasteiger partial charge in [-0.2, -0.15) is 4.98 Å². The van der Waals surface area contributed by atoms with E-state index in [4.69, 9.17) is 42.1 Å². The van der Waals surface area contributed by atoms with Gasteiger partial charge in [0.1, 0.15) is 17.3 Å². The molecule has 0 amide bonds. The van der Waals surface area contributed by atoms with Gasteiger partial charge in [0, 0.05) is 30.2 Å². The molecule has 2 aliphatic rings. The zero-order valence-corrected chi connectivity index (χ0v) is 24.5. The van der Waals surface area contributed by atoms with Crippen LogP contribution in [0.25, 0.3) is 39.8 Å². The number of aromatic nitrogens is 7. The summed E-state index contributed by atoms with van der Waals surface area (Å²) < 4.78 is 13.4. The molecule has 4 aromatic rings. The van der Waals surface area contributed by atoms with Crippen molar-refractivity contribution in [3.8, 4) is 35.3 Å². The van der Waals surface area contributed by atoms with Crippen molar-refractivity contribution in [1.82, 2.24) is 34.7 Å². The number of nitrogens with zero attached hydrogens (tertiary/aromatic N) is 7. The number of anilines is 1. The number of fused-ring (bicyclic) bond motifs is 1. The molecule has 5 heterocycles. The zero-order chi connectivity index (χ0) is 29.4. The van der Waals surface area contributed by atoms with E-state index >= 15 is 0 Å². The number of allylic oxidation sites excluding steroid dienone is 1. The number of terminal acetylenes is 1. The summed E-state index contributed by atoms with van der Waals surface area (Å²) in [6, 6.07) is 1.45. The van der Waals surface area contributed by atoms with Crippen molar-refractivity contribution in [2.45, 2.75) is 64.5 Å². The third-order valence-corrected chi connectivity index (χ3v) is 8.44. The molecule has 1 N–H and O–H groups in total. The number of imidazole rings is 1. The molecule has 0 aromatic carbocycles. The number of hydrogen-bond acceptors (Lipinski definition) is 9. The summed E-state index contributed by atoms with van der Waals surface area (Å²) >= 11 is 6.39. The van der Waals surface area contributed by atoms with E-state index in [2.05, 4.69) is 51.0 Å². The Balaban J connectivity index is 1.62. The number of halogens is 1. The quantitative estimate of drug-likeness (QED) is 0.290. The van der Waals surface area contributed by atoms with Gasteiger partial charge in [0.25, 0.3) is 5.89 Å². The largest absolute Gasteiger partial charge is 0.434 e. The monoisotopic (exact) mass is 588 g/mol. The Labute approximate surface area is 248 Å². The summed E-state index contributed by atoms with van der Waals surface area (Å²) in [5.41, 5.74) is 3.10. The summed E-state index contributed by atoms with van der Waals surface area (Å²) in [5, 5.41) is 6.68. The van der Waals surface area contributed by atoms with Crippen molar-refractivity contribution < 1.29 is 9.15 Å². The van der Waals surface area contributed by atoms with E-state index in [1.807, 2.05) is 0 Å². The Bertz CT molecular complexity index is 1710. The van der Waals surface area contributed by atoms with E-state index in [0.29, 0.717) is 52.5 Å². The van der Waals surface area contributed by atoms with Crippen LogP contribution in [0.15, 0.2) is 34.3 Å². The van der Waals surface area contributed by atoms with Crippen LogP contribution in [-0.2, 0) is 4.74 Å². The van der Waals surface area contributed by atoms with Crippen molar-refractivity contribution in [3.05, 3.63) is 40.6 Å². The highest BCUT2D eigenvalue weighted by atomic mass is 35.5. The van der Waals surface area contributed by atoms with Crippen molar-refractivity contribution in [3.63, 3.8) is 0 Å². The summed E-state index contributed by atoms with van der Waals surface area (Å²) in [4.78, 5) is 32.9. The third-order valence-electron chi connectivity index (χ3n) is 8.23. The van der Waals surface area contributed by atoms with Gasteiger partial charge in [-0.1, -0.05) is 57.2 Å². The van der Waals surface area contributed by atoms with Crippen LogP contribution in [0.2, 0.25) is 5.02 Å². The minimum Gasteiger partial charge on any atom is -0.384 e. The molecular weight excluding hydrogens is 556 g/mol. The van der Waals surface area contributed by atoms with E-state index in [-0.39, 0.29) is 29.8 Å². The molecule has 2 atom stereocenters. The fourth-order valence-electron chi connectivity index (χ4n) is 6.06. The SMILES string of the molecule is C#CC1[C@@H](CCC)OCCN1c1nc2nc(-c3n[nH]c(=O)o3)nc(-c3cncc(Cl)c3)c2n1C(=C)C1CCC(C)CC1. The average molecular weight is 589 g/mol. The Morgan fingerprint density at radius 1 is 1.24 bits per heavy atom. The Hall–Kier alpha value is -4.01. The van der Waals surface area contributed by atoms with E-state index < -0.39 is 5.76 Å². The van der Waals surface area contributed by atoms with Crippen LogP contribution in [0.5, 0.6) is 0 Å². The van der Waals surface area contributed by atoms with Crippen molar-refractivity contribution in [2.24, 2.45) is 11.8 Å². The number of aromatic amines is 1. The van der Waals surface area contributed by atoms with Gasteiger partial charge in [-0.25, -0.2) is 19.9 Å². The molecule has 2 fully saturated rings. The summed E-state index contributed by atoms with van der Waals surface area (Å²) in [6.45, 7) is 10.1. The predicted octanol–water partition coefficient (Wildman–Crippen LogP) is 5.19. The van der Waals surface area contributed by atoms with Crippen LogP contribution < -0.4 is 10.7 Å². The molecule has 218 valence electrons. The lowest BCUT2D eigenvalue weighted by molar-refractivity contribution is 0.0187. The second kappa shape index (κ2) is 11.7. The number of morpholine rings is 1. The van der Waals surface area contributed by atoms with Crippen LogP contribution in [0.1, 0.15) is 52.4 Å². The topological polar surface area (TPSA) is 128 Å². The average Bonchev–Trinajstić information content (AvgIpc) is 3.60. The number of ether oxygens (including phenoxy) is 1. The summed E-state index contributed by atoms with van der Waals surface area (Å²) in [7, 11) is 0. The second-order valence-electron chi connectivity index (χ2n) is 11.1. The van der Waals surface area contributed by atoms with Crippen LogP contribution in [0, 0.1) is 24.2 Å². The molecule has 11 nitrogen and oxygen atoms in total. The highest BCUT2D eigenvalue weighted by molar-refractivity contribution is 6.30. The first-order valence-corrected chi connectivity index (χ1v) is 14.8. The lowest BCUT2D eigenvalue weighted by Crippen LogP contribution is -2.51. The number of H-pyrrole nitrogens is 1. The molecule has 0 spiro atoms. The first kappa shape index (κ1) is 28.1. The van der Waals surface area contributed by atoms with E-state index in [1.54, 1.807) is 18.5 Å². The maximum Gasteiger partial charge on any atom is 0.434 e. The third kappa shape index (κ3) is 5.21. The zero-order valence-electron chi connectivity index (χ0n) is 23.7. The van der Waals surface area contributed by atoms with E-state index in [9.17, 15) is 4.79 Å². The molecule has 1 unspecified atom stereocenters. The Morgan fingerprint density at radius 3 is 2.74 bits per heavy atom. The minimum absolute atomic E-state index is 0.0507. The maximum absolute atomic E-state index is 11.8. The van der Waals surface area contributed by atoms with Crippen LogP contribution >= 0.6 is 11.6 Å². The van der Waals surface area contributed by atoms with Gasteiger partial charge in [0.05, 0.1) is 17.7 Å². The molecule has 1 aliphatic carbocycles. The van der Waals surface area contributed by atoms with Gasteiger partial charge in [-0.15, -0.1) is 11.5 Å². The smallest absolute Gasteiger partial charge is 0.384 e. The number of pyridine rings is 1. The van der Waals surface area contributed by atoms with E-state index in [0.717, 1.165) is 44.2 Å². The maximum atomic E-state index is 11.8. The van der Waals surface area contributed by atoms with Gasteiger partial charge in [-0.3, -0.25) is 9.55 Å². The fraction of sp³-hybridized carbons (Fsp3) is 0.467. The van der Waals surface area contributed by atoms with Gasteiger partial charge in [-0.05, 0) is 37.2 Å². The molecule has 12 heteroatoms. The first-order valence-electron chi connectivity index (χ1n) is 14.4. The van der Waals surface area contributed by atoms with Crippen molar-refractivity contribution in [1.29, 1.82) is 0 Å². The molecule has 4 aromatic heterocycles. The molecule has 0 radical (unpaired) electrons. The van der Waals surface area contributed by atoms with Crippen LogP contribution in [0.4, 0.5) is 5.95 Å². The van der Waals surface area contributed by atoms with E-state index in [1.165, 1.54) is 0 Å². The van der Waals surface area contributed by atoms with Crippen molar-refractivity contribution in [2.75, 3.05) is 18.1 Å². The standard InChI is InChI=1S/C30H33ClN8O3/c1-5-7-23-22(6-2)38(12-13-41-23)29-35-26-25(39(29)18(4)19-10-8-17(3)9-11-19)24(20-14-21(31)16-32-15-20)33-27(34-26)28-36-37-30(40)42-28/h2,14-17,19,22-23H,4-5,7-13H2,1,3H3,(H,37,40)/t17?,19?,22?,23-/m1/s1. The molecule has 1 saturated carbocycles. The fourth-order valence-corrected chi connectivity index (χ4v) is 6.23. The summed E-state index contributed by atoms with van der Waals surface area (Å²) in [5.74, 6) is 3.85. The van der Waals surface area contributed by atoms with Crippen LogP contribution in [0.3, 0.4) is 0 Å². The second-order valence-corrected chi connectivity index (χ2v) is 11.5. The minimum atomic E-state index is -0.710. The van der Waals surface area contributed by atoms with Gasteiger partial charge < -0.3 is 14.1 Å². The summed E-state index contributed by atoms with van der Waals surface area (Å²) in [6.07, 6.45) is 15.3. The molecule has 1 aliphatic heterocycles. The highest BCUT2D eigenvalue weighted by Crippen LogP contribution is 2.41. The molecule has 1 saturated heterocycles. The van der Waals surface area contributed by atoms with Crippen molar-refractivity contribution >= 4 is 34.4 Å². The number of nitrogens with one attached hydrogen (secondary N) is 1. The number of rotatable bonds is 7. The highest BCUT2D eigenvalue weighted by Gasteiger charge is 2.36. The Kier molecular flexibility index (Phi) is 7.84. The van der Waals surface area contributed by atoms with Gasteiger partial charge in [0.2, 0.25) is 11.8 Å².